The molecule has 0 unspecified atom stereocenters. The van der Waals surface area contributed by atoms with E-state index in [4.69, 9.17) is 4.74 Å². The number of nitro groups is 1. The third-order valence-corrected chi connectivity index (χ3v) is 5.44. The number of thiophene rings is 1. The number of benzene rings is 1. The van der Waals surface area contributed by atoms with E-state index in [0.29, 0.717) is 12.3 Å². The SMILES string of the molecule is CCCc1ccc(C(=O)/C=C/c2ccc(OC)c(Cn3ccc([N+](=O)[O-])n3)c2)s1. The van der Waals surface area contributed by atoms with Gasteiger partial charge in [0.1, 0.15) is 5.75 Å². The van der Waals surface area contributed by atoms with E-state index in [-0.39, 0.29) is 11.6 Å². The fourth-order valence-electron chi connectivity index (χ4n) is 2.88. The van der Waals surface area contributed by atoms with Gasteiger partial charge in [-0.05, 0) is 47.2 Å². The summed E-state index contributed by atoms with van der Waals surface area (Å²) in [6, 6.07) is 10.8. The summed E-state index contributed by atoms with van der Waals surface area (Å²) in [7, 11) is 1.56. The predicted molar refractivity (Wildman–Crippen MR) is 113 cm³/mol. The number of carbonyl (C=O) groups is 1. The summed E-state index contributed by atoms with van der Waals surface area (Å²) in [6.07, 6.45) is 6.91. The Morgan fingerprint density at radius 2 is 2.14 bits per heavy atom. The van der Waals surface area contributed by atoms with Crippen LogP contribution in [0.1, 0.15) is 39.0 Å². The van der Waals surface area contributed by atoms with Crippen LogP contribution in [0.25, 0.3) is 6.08 Å². The summed E-state index contributed by atoms with van der Waals surface area (Å²) in [5.74, 6) is 0.413. The first-order valence-electron chi connectivity index (χ1n) is 9.16. The number of nitrogens with zero attached hydrogens (tertiary/aromatic N) is 3. The second-order valence-corrected chi connectivity index (χ2v) is 7.58. The minimum absolute atomic E-state index is 0.0302. The monoisotopic (exact) mass is 411 g/mol. The van der Waals surface area contributed by atoms with Gasteiger partial charge in [-0.3, -0.25) is 4.79 Å². The summed E-state index contributed by atoms with van der Waals surface area (Å²) < 4.78 is 6.86. The van der Waals surface area contributed by atoms with E-state index in [2.05, 4.69) is 12.0 Å². The van der Waals surface area contributed by atoms with Crippen LogP contribution in [0.2, 0.25) is 0 Å². The van der Waals surface area contributed by atoms with Gasteiger partial charge in [0, 0.05) is 10.4 Å². The molecule has 29 heavy (non-hydrogen) atoms. The fourth-order valence-corrected chi connectivity index (χ4v) is 3.91. The van der Waals surface area contributed by atoms with Gasteiger partial charge in [-0.25, -0.2) is 0 Å². The predicted octanol–water partition coefficient (Wildman–Crippen LogP) is 4.76. The van der Waals surface area contributed by atoms with Gasteiger partial charge in [-0.2, -0.15) is 4.68 Å². The molecule has 7 nitrogen and oxygen atoms in total. The van der Waals surface area contributed by atoms with Crippen LogP contribution < -0.4 is 4.74 Å². The van der Waals surface area contributed by atoms with E-state index in [1.54, 1.807) is 25.5 Å². The quantitative estimate of drug-likeness (QED) is 0.219. The number of rotatable bonds is 9. The van der Waals surface area contributed by atoms with Crippen molar-refractivity contribution in [3.8, 4) is 5.75 Å². The lowest BCUT2D eigenvalue weighted by atomic mass is 10.1. The third-order valence-electron chi connectivity index (χ3n) is 4.28. The third kappa shape index (κ3) is 5.17. The van der Waals surface area contributed by atoms with Crippen molar-refractivity contribution in [2.45, 2.75) is 26.3 Å². The van der Waals surface area contributed by atoms with Crippen LogP contribution >= 0.6 is 11.3 Å². The summed E-state index contributed by atoms with van der Waals surface area (Å²) in [5.41, 5.74) is 1.64. The van der Waals surface area contributed by atoms with Crippen molar-refractivity contribution in [2.24, 2.45) is 0 Å². The fraction of sp³-hybridized carbons (Fsp3) is 0.238. The molecule has 150 valence electrons. The molecule has 0 fully saturated rings. The van der Waals surface area contributed by atoms with Crippen LogP contribution in [0.15, 0.2) is 48.7 Å². The molecule has 0 radical (unpaired) electrons. The number of aromatic nitrogens is 2. The highest BCUT2D eigenvalue weighted by molar-refractivity contribution is 7.14. The molecule has 0 bridgehead atoms. The maximum Gasteiger partial charge on any atom is 0.389 e. The Hall–Kier alpha value is -3.26. The lowest BCUT2D eigenvalue weighted by molar-refractivity contribution is -0.389. The molecule has 2 heterocycles. The second-order valence-electron chi connectivity index (χ2n) is 6.41. The smallest absolute Gasteiger partial charge is 0.389 e. The van der Waals surface area contributed by atoms with E-state index in [1.807, 2.05) is 30.3 Å². The summed E-state index contributed by atoms with van der Waals surface area (Å²) in [4.78, 5) is 24.6. The number of methoxy groups -OCH3 is 1. The van der Waals surface area contributed by atoms with Crippen LogP contribution in [0.3, 0.4) is 0 Å². The lowest BCUT2D eigenvalue weighted by Gasteiger charge is -2.08. The summed E-state index contributed by atoms with van der Waals surface area (Å²) >= 11 is 1.53. The molecule has 1 aromatic carbocycles. The Labute approximate surface area is 172 Å². The Kier molecular flexibility index (Phi) is 6.56. The number of hydrogen-bond acceptors (Lipinski definition) is 6. The van der Waals surface area contributed by atoms with Gasteiger partial charge in [-0.1, -0.05) is 25.5 Å². The molecule has 0 aliphatic carbocycles. The van der Waals surface area contributed by atoms with Crippen molar-refractivity contribution >= 4 is 29.0 Å². The molecule has 0 aliphatic rings. The highest BCUT2D eigenvalue weighted by Gasteiger charge is 2.13. The molecule has 0 N–H and O–H groups in total. The minimum atomic E-state index is -0.533. The van der Waals surface area contributed by atoms with E-state index in [9.17, 15) is 14.9 Å². The Morgan fingerprint density at radius 3 is 2.83 bits per heavy atom. The van der Waals surface area contributed by atoms with Gasteiger partial charge < -0.3 is 14.9 Å². The van der Waals surface area contributed by atoms with Crippen LogP contribution in [-0.2, 0) is 13.0 Å². The van der Waals surface area contributed by atoms with E-state index in [0.717, 1.165) is 28.8 Å². The molecule has 2 aromatic heterocycles. The van der Waals surface area contributed by atoms with E-state index < -0.39 is 4.92 Å². The first-order valence-corrected chi connectivity index (χ1v) is 9.97. The van der Waals surface area contributed by atoms with Gasteiger partial charge in [0.15, 0.2) is 5.78 Å². The molecule has 0 saturated carbocycles. The molecule has 8 heteroatoms. The molecule has 3 aromatic rings. The molecular formula is C21H21N3O4S. The van der Waals surface area contributed by atoms with Gasteiger partial charge in [0.25, 0.3) is 0 Å². The van der Waals surface area contributed by atoms with Gasteiger partial charge in [0.2, 0.25) is 0 Å². The maximum absolute atomic E-state index is 12.4. The topological polar surface area (TPSA) is 87.3 Å². The average molecular weight is 411 g/mol. The van der Waals surface area contributed by atoms with Crippen molar-refractivity contribution in [3.05, 3.63) is 79.7 Å². The van der Waals surface area contributed by atoms with Crippen molar-refractivity contribution in [3.63, 3.8) is 0 Å². The number of hydrogen-bond donors (Lipinski definition) is 0. The Bertz CT molecular complexity index is 1050. The number of ketones is 1. The van der Waals surface area contributed by atoms with Crippen molar-refractivity contribution in [1.29, 1.82) is 0 Å². The Balaban J connectivity index is 1.77. The summed E-state index contributed by atoms with van der Waals surface area (Å²) in [6.45, 7) is 2.43. The molecule has 0 atom stereocenters. The highest BCUT2D eigenvalue weighted by atomic mass is 32.1. The zero-order valence-electron chi connectivity index (χ0n) is 16.2. The first-order chi connectivity index (χ1) is 14.0. The van der Waals surface area contributed by atoms with Gasteiger partial charge in [-0.15, -0.1) is 11.3 Å². The van der Waals surface area contributed by atoms with Crippen molar-refractivity contribution < 1.29 is 14.5 Å². The van der Waals surface area contributed by atoms with E-state index >= 15 is 0 Å². The van der Waals surface area contributed by atoms with Crippen LogP contribution in [0.4, 0.5) is 5.82 Å². The molecule has 0 aliphatic heterocycles. The van der Waals surface area contributed by atoms with Crippen LogP contribution in [0.5, 0.6) is 5.75 Å². The second kappa shape index (κ2) is 9.29. The Morgan fingerprint density at radius 1 is 1.31 bits per heavy atom. The maximum atomic E-state index is 12.4. The molecular weight excluding hydrogens is 390 g/mol. The molecule has 0 spiro atoms. The zero-order valence-corrected chi connectivity index (χ0v) is 17.0. The largest absolute Gasteiger partial charge is 0.496 e. The number of aryl methyl sites for hydroxylation is 1. The molecule has 3 rings (SSSR count). The van der Waals surface area contributed by atoms with E-state index in [1.165, 1.54) is 27.0 Å². The van der Waals surface area contributed by atoms with Crippen molar-refractivity contribution in [1.82, 2.24) is 9.78 Å². The van der Waals surface area contributed by atoms with Gasteiger partial charge in [0.05, 0.1) is 35.9 Å². The number of ether oxygens (including phenoxy) is 1. The van der Waals surface area contributed by atoms with Crippen molar-refractivity contribution in [2.75, 3.05) is 7.11 Å². The zero-order chi connectivity index (χ0) is 20.8. The van der Waals surface area contributed by atoms with Gasteiger partial charge >= 0.3 is 5.82 Å². The average Bonchev–Trinajstić information content (AvgIpc) is 3.36. The molecule has 0 saturated heterocycles. The lowest BCUT2D eigenvalue weighted by Crippen LogP contribution is -2.03. The van der Waals surface area contributed by atoms with Crippen LogP contribution in [0, 0.1) is 10.1 Å². The molecule has 0 amide bonds. The number of allylic oxidation sites excluding steroid dienone is 1. The summed E-state index contributed by atoms with van der Waals surface area (Å²) in [5, 5.41) is 14.7. The number of carbonyl (C=O) groups excluding carboxylic acids is 1. The highest BCUT2D eigenvalue weighted by Crippen LogP contribution is 2.23. The van der Waals surface area contributed by atoms with Crippen LogP contribution in [-0.4, -0.2) is 27.6 Å². The standard InChI is InChI=1S/C21H21N3O4S/c1-3-4-17-7-10-20(29-17)18(25)8-5-15-6-9-19(28-2)16(13-15)14-23-12-11-21(22-23)24(26)27/h5-13H,3-4,14H2,1-2H3/b8-5+. The minimum Gasteiger partial charge on any atom is -0.496 e. The first kappa shape index (κ1) is 20.5. The normalized spacial score (nSPS) is 11.1.